The van der Waals surface area contributed by atoms with Crippen LogP contribution < -0.4 is 5.32 Å². The van der Waals surface area contributed by atoms with Gasteiger partial charge in [-0.1, -0.05) is 31.4 Å². The van der Waals surface area contributed by atoms with Crippen molar-refractivity contribution in [1.29, 1.82) is 0 Å². The number of aromatic nitrogens is 2. The Hall–Kier alpha value is -0.540. The summed E-state index contributed by atoms with van der Waals surface area (Å²) in [6, 6.07) is 0. The van der Waals surface area contributed by atoms with Gasteiger partial charge < -0.3 is 5.32 Å². The van der Waals surface area contributed by atoms with E-state index in [1.807, 2.05) is 11.6 Å². The first-order chi connectivity index (χ1) is 8.25. The van der Waals surface area contributed by atoms with Gasteiger partial charge in [0.05, 0.1) is 16.9 Å². The molecule has 0 saturated heterocycles. The van der Waals surface area contributed by atoms with Gasteiger partial charge in [0.1, 0.15) is 0 Å². The molecule has 0 aliphatic rings. The second-order valence-corrected chi connectivity index (χ2v) is 4.87. The first kappa shape index (κ1) is 14.5. The van der Waals surface area contributed by atoms with Gasteiger partial charge in [-0.25, -0.2) is 0 Å². The van der Waals surface area contributed by atoms with Crippen molar-refractivity contribution in [1.82, 2.24) is 15.1 Å². The predicted molar refractivity (Wildman–Crippen MR) is 73.6 cm³/mol. The SMILES string of the molecule is CCCNCCCCCCn1ncc(Cl)c1C. The number of halogens is 1. The minimum atomic E-state index is 0.772. The van der Waals surface area contributed by atoms with Crippen LogP contribution in [0.3, 0.4) is 0 Å². The number of rotatable bonds is 9. The van der Waals surface area contributed by atoms with E-state index in [0.29, 0.717) is 0 Å². The molecule has 1 heterocycles. The lowest BCUT2D eigenvalue weighted by atomic mass is 10.2. The molecule has 0 aliphatic carbocycles. The highest BCUT2D eigenvalue weighted by molar-refractivity contribution is 6.31. The Bertz CT molecular complexity index is 310. The summed E-state index contributed by atoms with van der Waals surface area (Å²) in [7, 11) is 0. The van der Waals surface area contributed by atoms with E-state index in [0.717, 1.165) is 30.4 Å². The van der Waals surface area contributed by atoms with Crippen molar-refractivity contribution < 1.29 is 0 Å². The van der Waals surface area contributed by atoms with Crippen molar-refractivity contribution in [2.45, 2.75) is 52.5 Å². The van der Waals surface area contributed by atoms with Crippen LogP contribution in [0, 0.1) is 6.92 Å². The fourth-order valence-electron chi connectivity index (χ4n) is 1.82. The molecular formula is C13H24ClN3. The van der Waals surface area contributed by atoms with E-state index in [4.69, 9.17) is 11.6 Å². The lowest BCUT2D eigenvalue weighted by molar-refractivity contribution is 0.517. The van der Waals surface area contributed by atoms with Gasteiger partial charge >= 0.3 is 0 Å². The Morgan fingerprint density at radius 3 is 2.65 bits per heavy atom. The molecule has 0 radical (unpaired) electrons. The van der Waals surface area contributed by atoms with Crippen LogP contribution in [-0.2, 0) is 6.54 Å². The third-order valence-electron chi connectivity index (χ3n) is 2.94. The van der Waals surface area contributed by atoms with Crippen LogP contribution in [0.25, 0.3) is 0 Å². The quantitative estimate of drug-likeness (QED) is 0.687. The van der Waals surface area contributed by atoms with Gasteiger partial charge in [0.2, 0.25) is 0 Å². The average Bonchev–Trinajstić information content (AvgIpc) is 2.64. The highest BCUT2D eigenvalue weighted by Gasteiger charge is 2.02. The molecule has 0 aromatic carbocycles. The molecule has 17 heavy (non-hydrogen) atoms. The predicted octanol–water partition coefficient (Wildman–Crippen LogP) is 3.40. The lowest BCUT2D eigenvalue weighted by Gasteiger charge is -2.05. The molecule has 1 aromatic heterocycles. The Balaban J connectivity index is 1.99. The van der Waals surface area contributed by atoms with Crippen LogP contribution in [0.15, 0.2) is 6.20 Å². The average molecular weight is 258 g/mol. The maximum absolute atomic E-state index is 5.95. The molecular weight excluding hydrogens is 234 g/mol. The number of aryl methyl sites for hydroxylation is 1. The van der Waals surface area contributed by atoms with Gasteiger partial charge in [-0.05, 0) is 39.3 Å². The summed E-state index contributed by atoms with van der Waals surface area (Å²) in [5.74, 6) is 0. The standard InChI is InChI=1S/C13H24ClN3/c1-3-8-15-9-6-4-5-7-10-17-12(2)13(14)11-16-17/h11,15H,3-10H2,1-2H3. The largest absolute Gasteiger partial charge is 0.317 e. The summed E-state index contributed by atoms with van der Waals surface area (Å²) in [4.78, 5) is 0. The molecule has 1 aromatic rings. The van der Waals surface area contributed by atoms with Gasteiger partial charge in [-0.3, -0.25) is 4.68 Å². The Morgan fingerprint density at radius 2 is 2.00 bits per heavy atom. The zero-order valence-electron chi connectivity index (χ0n) is 11.0. The third kappa shape index (κ3) is 5.55. The topological polar surface area (TPSA) is 29.9 Å². The van der Waals surface area contributed by atoms with E-state index in [1.165, 1.54) is 32.1 Å². The van der Waals surface area contributed by atoms with Gasteiger partial charge in [-0.15, -0.1) is 0 Å². The molecule has 1 rings (SSSR count). The molecule has 0 fully saturated rings. The van der Waals surface area contributed by atoms with Crippen molar-refractivity contribution in [3.05, 3.63) is 16.9 Å². The summed E-state index contributed by atoms with van der Waals surface area (Å²) in [6.45, 7) is 7.50. The molecule has 0 saturated carbocycles. The van der Waals surface area contributed by atoms with E-state index in [-0.39, 0.29) is 0 Å². The molecule has 1 N–H and O–H groups in total. The summed E-state index contributed by atoms with van der Waals surface area (Å²) in [5, 5.41) is 8.44. The van der Waals surface area contributed by atoms with Crippen molar-refractivity contribution in [2.75, 3.05) is 13.1 Å². The van der Waals surface area contributed by atoms with E-state index in [2.05, 4.69) is 17.3 Å². The van der Waals surface area contributed by atoms with Crippen molar-refractivity contribution >= 4 is 11.6 Å². The first-order valence-electron chi connectivity index (χ1n) is 6.64. The molecule has 0 amide bonds. The molecule has 0 aliphatic heterocycles. The molecule has 0 bridgehead atoms. The van der Waals surface area contributed by atoms with Gasteiger partial charge in [0.25, 0.3) is 0 Å². The maximum Gasteiger partial charge on any atom is 0.0814 e. The number of nitrogens with zero attached hydrogens (tertiary/aromatic N) is 2. The first-order valence-corrected chi connectivity index (χ1v) is 7.02. The van der Waals surface area contributed by atoms with Crippen molar-refractivity contribution in [3.63, 3.8) is 0 Å². The second kappa shape index (κ2) is 8.54. The summed E-state index contributed by atoms with van der Waals surface area (Å²) < 4.78 is 2.00. The molecule has 0 atom stereocenters. The van der Waals surface area contributed by atoms with Gasteiger partial charge in [0.15, 0.2) is 0 Å². The fourth-order valence-corrected chi connectivity index (χ4v) is 1.96. The maximum atomic E-state index is 5.95. The molecule has 4 heteroatoms. The van der Waals surface area contributed by atoms with Crippen LogP contribution in [0.4, 0.5) is 0 Å². The van der Waals surface area contributed by atoms with Crippen LogP contribution >= 0.6 is 11.6 Å². The zero-order chi connectivity index (χ0) is 12.5. The molecule has 3 nitrogen and oxygen atoms in total. The van der Waals surface area contributed by atoms with Crippen molar-refractivity contribution in [2.24, 2.45) is 0 Å². The van der Waals surface area contributed by atoms with Crippen LogP contribution in [0.1, 0.15) is 44.7 Å². The highest BCUT2D eigenvalue weighted by atomic mass is 35.5. The van der Waals surface area contributed by atoms with Crippen LogP contribution in [-0.4, -0.2) is 22.9 Å². The van der Waals surface area contributed by atoms with Crippen LogP contribution in [0.2, 0.25) is 5.02 Å². The van der Waals surface area contributed by atoms with Crippen LogP contribution in [0.5, 0.6) is 0 Å². The number of hydrogen-bond acceptors (Lipinski definition) is 2. The Labute approximate surface area is 110 Å². The monoisotopic (exact) mass is 257 g/mol. The third-order valence-corrected chi connectivity index (χ3v) is 3.31. The number of unbranched alkanes of at least 4 members (excludes halogenated alkanes) is 3. The molecule has 0 spiro atoms. The summed E-state index contributed by atoms with van der Waals surface area (Å²) in [5.41, 5.74) is 1.08. The Morgan fingerprint density at radius 1 is 1.24 bits per heavy atom. The highest BCUT2D eigenvalue weighted by Crippen LogP contribution is 2.14. The smallest absolute Gasteiger partial charge is 0.0814 e. The zero-order valence-corrected chi connectivity index (χ0v) is 11.8. The minimum Gasteiger partial charge on any atom is -0.317 e. The van der Waals surface area contributed by atoms with E-state index in [9.17, 15) is 0 Å². The van der Waals surface area contributed by atoms with E-state index in [1.54, 1.807) is 6.20 Å². The Kier molecular flexibility index (Phi) is 7.29. The molecule has 98 valence electrons. The minimum absolute atomic E-state index is 0.772. The van der Waals surface area contributed by atoms with E-state index >= 15 is 0 Å². The summed E-state index contributed by atoms with van der Waals surface area (Å²) >= 11 is 5.95. The lowest BCUT2D eigenvalue weighted by Crippen LogP contribution is -2.15. The van der Waals surface area contributed by atoms with Gasteiger partial charge in [0, 0.05) is 6.54 Å². The van der Waals surface area contributed by atoms with Gasteiger partial charge in [-0.2, -0.15) is 5.10 Å². The number of hydrogen-bond donors (Lipinski definition) is 1. The normalized spacial score (nSPS) is 11.0. The van der Waals surface area contributed by atoms with Crippen molar-refractivity contribution in [3.8, 4) is 0 Å². The van der Waals surface area contributed by atoms with E-state index < -0.39 is 0 Å². The number of nitrogens with one attached hydrogen (secondary N) is 1. The molecule has 0 unspecified atom stereocenters. The second-order valence-electron chi connectivity index (χ2n) is 4.47. The fraction of sp³-hybridized carbons (Fsp3) is 0.769. The summed E-state index contributed by atoms with van der Waals surface area (Å²) in [6.07, 6.45) is 7.98.